The van der Waals surface area contributed by atoms with Gasteiger partial charge in [-0.1, -0.05) is 13.8 Å². The first-order chi connectivity index (χ1) is 8.24. The molecule has 0 spiro atoms. The first-order valence-electron chi connectivity index (χ1n) is 6.65. The van der Waals surface area contributed by atoms with E-state index in [9.17, 15) is 0 Å². The Balaban J connectivity index is 1.64. The lowest BCUT2D eigenvalue weighted by atomic mass is 10.1. The number of rotatable bonds is 6. The van der Waals surface area contributed by atoms with Gasteiger partial charge in [0.25, 0.3) is 0 Å². The van der Waals surface area contributed by atoms with Crippen LogP contribution in [0, 0.1) is 5.92 Å². The van der Waals surface area contributed by atoms with E-state index in [0.717, 1.165) is 19.0 Å². The van der Waals surface area contributed by atoms with E-state index in [4.69, 9.17) is 0 Å². The third-order valence-corrected chi connectivity index (χ3v) is 3.42. The van der Waals surface area contributed by atoms with Gasteiger partial charge < -0.3 is 14.8 Å². The quantitative estimate of drug-likeness (QED) is 0.806. The number of nitrogens with zero attached hydrogens (tertiary/aromatic N) is 3. The van der Waals surface area contributed by atoms with Gasteiger partial charge >= 0.3 is 0 Å². The van der Waals surface area contributed by atoms with Gasteiger partial charge in [0, 0.05) is 38.1 Å². The number of likely N-dealkylation sites (tertiary alicyclic amines) is 1. The van der Waals surface area contributed by atoms with Crippen molar-refractivity contribution in [2.45, 2.75) is 32.9 Å². The Morgan fingerprint density at radius 2 is 2.29 bits per heavy atom. The SMILES string of the molecule is CC(C)NCC1CCN(CCn2ccnc2)C1. The summed E-state index contributed by atoms with van der Waals surface area (Å²) in [4.78, 5) is 6.63. The van der Waals surface area contributed by atoms with Gasteiger partial charge in [0.05, 0.1) is 6.33 Å². The predicted octanol–water partition coefficient (Wildman–Crippen LogP) is 1.20. The van der Waals surface area contributed by atoms with Crippen molar-refractivity contribution in [3.8, 4) is 0 Å². The van der Waals surface area contributed by atoms with Gasteiger partial charge in [-0.3, -0.25) is 0 Å². The number of hydrogen-bond donors (Lipinski definition) is 1. The van der Waals surface area contributed by atoms with Crippen molar-refractivity contribution in [1.29, 1.82) is 0 Å². The molecule has 1 aliphatic heterocycles. The number of hydrogen-bond acceptors (Lipinski definition) is 3. The van der Waals surface area contributed by atoms with Crippen LogP contribution in [0.15, 0.2) is 18.7 Å². The molecular weight excluding hydrogens is 212 g/mol. The van der Waals surface area contributed by atoms with Gasteiger partial charge in [0.2, 0.25) is 0 Å². The molecular formula is C13H24N4. The second-order valence-electron chi connectivity index (χ2n) is 5.32. The minimum atomic E-state index is 0.606. The fraction of sp³-hybridized carbons (Fsp3) is 0.769. The maximum absolute atomic E-state index is 4.07. The first-order valence-corrected chi connectivity index (χ1v) is 6.65. The van der Waals surface area contributed by atoms with Gasteiger partial charge in [0.15, 0.2) is 0 Å². The Morgan fingerprint density at radius 1 is 1.41 bits per heavy atom. The van der Waals surface area contributed by atoms with Crippen molar-refractivity contribution in [3.63, 3.8) is 0 Å². The molecule has 1 N–H and O–H groups in total. The Morgan fingerprint density at radius 3 is 3.00 bits per heavy atom. The van der Waals surface area contributed by atoms with Crippen LogP contribution in [0.1, 0.15) is 20.3 Å². The van der Waals surface area contributed by atoms with E-state index in [1.807, 2.05) is 18.7 Å². The molecule has 4 heteroatoms. The van der Waals surface area contributed by atoms with E-state index in [0.29, 0.717) is 6.04 Å². The Hall–Kier alpha value is -0.870. The monoisotopic (exact) mass is 236 g/mol. The van der Waals surface area contributed by atoms with Crippen LogP contribution in [0.5, 0.6) is 0 Å². The minimum Gasteiger partial charge on any atom is -0.336 e. The average Bonchev–Trinajstić information content (AvgIpc) is 2.95. The third kappa shape index (κ3) is 4.13. The molecule has 1 aromatic heterocycles. The number of nitrogens with one attached hydrogen (secondary N) is 1. The van der Waals surface area contributed by atoms with Crippen molar-refractivity contribution in [1.82, 2.24) is 19.8 Å². The summed E-state index contributed by atoms with van der Waals surface area (Å²) in [6.45, 7) is 10.3. The molecule has 0 radical (unpaired) electrons. The highest BCUT2D eigenvalue weighted by molar-refractivity contribution is 4.79. The zero-order valence-electron chi connectivity index (χ0n) is 11.0. The fourth-order valence-electron chi connectivity index (χ4n) is 2.36. The predicted molar refractivity (Wildman–Crippen MR) is 69.9 cm³/mol. The molecule has 17 heavy (non-hydrogen) atoms. The molecule has 1 aliphatic rings. The molecule has 0 aliphatic carbocycles. The maximum atomic E-state index is 4.07. The van der Waals surface area contributed by atoms with Gasteiger partial charge in [-0.25, -0.2) is 4.98 Å². The van der Waals surface area contributed by atoms with E-state index in [-0.39, 0.29) is 0 Å². The zero-order valence-corrected chi connectivity index (χ0v) is 11.0. The van der Waals surface area contributed by atoms with Crippen LogP contribution < -0.4 is 5.32 Å². The molecule has 96 valence electrons. The standard InChI is InChI=1S/C13H24N4/c1-12(2)15-9-13-3-5-16(10-13)7-8-17-6-4-14-11-17/h4,6,11-13,15H,3,5,7-10H2,1-2H3. The normalized spacial score (nSPS) is 21.5. The van der Waals surface area contributed by atoms with Crippen LogP contribution in [0.3, 0.4) is 0 Å². The highest BCUT2D eigenvalue weighted by Crippen LogP contribution is 2.15. The fourth-order valence-corrected chi connectivity index (χ4v) is 2.36. The van der Waals surface area contributed by atoms with Crippen molar-refractivity contribution in [2.75, 3.05) is 26.2 Å². The Labute approximate surface area is 104 Å². The lowest BCUT2D eigenvalue weighted by molar-refractivity contribution is 0.306. The largest absolute Gasteiger partial charge is 0.336 e. The zero-order chi connectivity index (χ0) is 12.1. The Bertz CT molecular complexity index is 307. The summed E-state index contributed by atoms with van der Waals surface area (Å²) >= 11 is 0. The van der Waals surface area contributed by atoms with Crippen molar-refractivity contribution in [3.05, 3.63) is 18.7 Å². The second kappa shape index (κ2) is 6.17. The van der Waals surface area contributed by atoms with Gasteiger partial charge in [0.1, 0.15) is 0 Å². The van der Waals surface area contributed by atoms with Crippen LogP contribution in [0.2, 0.25) is 0 Å². The summed E-state index contributed by atoms with van der Waals surface area (Å²) in [6, 6.07) is 0.606. The molecule has 1 saturated heterocycles. The molecule has 2 heterocycles. The molecule has 0 aromatic carbocycles. The highest BCUT2D eigenvalue weighted by atomic mass is 15.2. The summed E-state index contributed by atoms with van der Waals surface area (Å²) in [6.07, 6.45) is 7.12. The van der Waals surface area contributed by atoms with Crippen molar-refractivity contribution in [2.24, 2.45) is 5.92 Å². The van der Waals surface area contributed by atoms with E-state index < -0.39 is 0 Å². The minimum absolute atomic E-state index is 0.606. The lowest BCUT2D eigenvalue weighted by Gasteiger charge is -2.17. The van der Waals surface area contributed by atoms with E-state index in [1.54, 1.807) is 0 Å². The maximum Gasteiger partial charge on any atom is 0.0946 e. The smallest absolute Gasteiger partial charge is 0.0946 e. The average molecular weight is 236 g/mol. The molecule has 2 rings (SSSR count). The summed E-state index contributed by atoms with van der Waals surface area (Å²) in [5.41, 5.74) is 0. The van der Waals surface area contributed by atoms with Crippen molar-refractivity contribution >= 4 is 0 Å². The van der Waals surface area contributed by atoms with Gasteiger partial charge in [-0.05, 0) is 25.4 Å². The summed E-state index contributed by atoms with van der Waals surface area (Å²) < 4.78 is 2.15. The molecule has 0 amide bonds. The molecule has 1 fully saturated rings. The first kappa shape index (κ1) is 12.6. The lowest BCUT2D eigenvalue weighted by Crippen LogP contribution is -2.31. The third-order valence-electron chi connectivity index (χ3n) is 3.42. The van der Waals surface area contributed by atoms with Crippen LogP contribution in [-0.4, -0.2) is 46.7 Å². The van der Waals surface area contributed by atoms with Crippen molar-refractivity contribution < 1.29 is 0 Å². The second-order valence-corrected chi connectivity index (χ2v) is 5.32. The molecule has 0 saturated carbocycles. The van der Waals surface area contributed by atoms with Crippen LogP contribution in [0.25, 0.3) is 0 Å². The van der Waals surface area contributed by atoms with Crippen LogP contribution in [0.4, 0.5) is 0 Å². The number of aromatic nitrogens is 2. The summed E-state index contributed by atoms with van der Waals surface area (Å²) in [7, 11) is 0. The summed E-state index contributed by atoms with van der Waals surface area (Å²) in [5, 5.41) is 3.54. The van der Waals surface area contributed by atoms with E-state index in [1.165, 1.54) is 26.1 Å². The van der Waals surface area contributed by atoms with E-state index in [2.05, 4.69) is 33.6 Å². The molecule has 4 nitrogen and oxygen atoms in total. The molecule has 0 bridgehead atoms. The number of imidazole rings is 1. The molecule has 1 aromatic rings. The van der Waals surface area contributed by atoms with Gasteiger partial charge in [-0.2, -0.15) is 0 Å². The molecule has 1 unspecified atom stereocenters. The van der Waals surface area contributed by atoms with Crippen LogP contribution in [-0.2, 0) is 6.54 Å². The molecule has 1 atom stereocenters. The van der Waals surface area contributed by atoms with Crippen LogP contribution >= 0.6 is 0 Å². The Kier molecular flexibility index (Phi) is 4.57. The topological polar surface area (TPSA) is 33.1 Å². The summed E-state index contributed by atoms with van der Waals surface area (Å²) in [5.74, 6) is 0.834. The highest BCUT2D eigenvalue weighted by Gasteiger charge is 2.21. The van der Waals surface area contributed by atoms with Gasteiger partial charge in [-0.15, -0.1) is 0 Å². The van der Waals surface area contributed by atoms with E-state index >= 15 is 0 Å².